The van der Waals surface area contributed by atoms with Crippen molar-refractivity contribution in [1.82, 2.24) is 5.32 Å². The van der Waals surface area contributed by atoms with E-state index < -0.39 is 18.0 Å². The van der Waals surface area contributed by atoms with Gasteiger partial charge < -0.3 is 15.2 Å². The molecule has 1 aromatic carbocycles. The van der Waals surface area contributed by atoms with Gasteiger partial charge in [0.1, 0.15) is 11.9 Å². The summed E-state index contributed by atoms with van der Waals surface area (Å²) < 4.78 is 19.2. The molecule has 2 atom stereocenters. The Morgan fingerprint density at radius 3 is 2.78 bits per heavy atom. The van der Waals surface area contributed by atoms with Crippen molar-refractivity contribution in [2.24, 2.45) is 0 Å². The average Bonchev–Trinajstić information content (AvgIpc) is 3.05. The highest BCUT2D eigenvalue weighted by atomic mass is 35.5. The molecule has 0 aromatic heterocycles. The number of hydrogen-bond donors (Lipinski definition) is 2. The summed E-state index contributed by atoms with van der Waals surface area (Å²) in [4.78, 5) is 12.2. The fourth-order valence-corrected chi connectivity index (χ4v) is 2.87. The van der Waals surface area contributed by atoms with Gasteiger partial charge in [-0.15, -0.1) is 0 Å². The first kappa shape index (κ1) is 18.2. The molecule has 2 N–H and O–H groups in total. The summed E-state index contributed by atoms with van der Waals surface area (Å²) in [6, 6.07) is 4.09. The van der Waals surface area contributed by atoms with Crippen molar-refractivity contribution in [3.63, 3.8) is 0 Å². The topological polar surface area (TPSA) is 58.6 Å². The monoisotopic (exact) mass is 343 g/mol. The third kappa shape index (κ3) is 5.16. The molecule has 128 valence electrons. The zero-order valence-corrected chi connectivity index (χ0v) is 14.0. The van der Waals surface area contributed by atoms with Crippen LogP contribution >= 0.6 is 11.6 Å². The molecule has 23 heavy (non-hydrogen) atoms. The van der Waals surface area contributed by atoms with E-state index in [0.717, 1.165) is 25.7 Å². The van der Waals surface area contributed by atoms with Crippen molar-refractivity contribution in [3.05, 3.63) is 34.6 Å². The van der Waals surface area contributed by atoms with Crippen molar-refractivity contribution < 1.29 is 19.0 Å². The number of rotatable bonds is 7. The lowest BCUT2D eigenvalue weighted by Gasteiger charge is -2.21. The number of carbonyl (C=O) groups excluding carboxylic acids is 1. The summed E-state index contributed by atoms with van der Waals surface area (Å²) in [5.41, 5.74) is 0.372. The van der Waals surface area contributed by atoms with Crippen LogP contribution in [-0.2, 0) is 9.53 Å². The van der Waals surface area contributed by atoms with Gasteiger partial charge in [-0.2, -0.15) is 0 Å². The number of carbonyl (C=O) groups is 1. The van der Waals surface area contributed by atoms with E-state index in [4.69, 9.17) is 16.3 Å². The Hall–Kier alpha value is -1.17. The van der Waals surface area contributed by atoms with Crippen LogP contribution in [0.5, 0.6) is 0 Å². The van der Waals surface area contributed by atoms with Gasteiger partial charge in [0.2, 0.25) is 5.91 Å². The Morgan fingerprint density at radius 1 is 1.48 bits per heavy atom. The van der Waals surface area contributed by atoms with E-state index in [1.54, 1.807) is 0 Å². The molecule has 0 heterocycles. The molecule has 1 aliphatic carbocycles. The predicted molar refractivity (Wildman–Crippen MR) is 86.8 cm³/mol. The highest BCUT2D eigenvalue weighted by Gasteiger charge is 2.24. The van der Waals surface area contributed by atoms with E-state index in [2.05, 4.69) is 5.32 Å². The highest BCUT2D eigenvalue weighted by molar-refractivity contribution is 6.30. The molecule has 4 nitrogen and oxygen atoms in total. The Bertz CT molecular complexity index is 535. The highest BCUT2D eigenvalue weighted by Crippen LogP contribution is 2.23. The molecule has 0 radical (unpaired) electrons. The first-order valence-corrected chi connectivity index (χ1v) is 8.45. The molecule has 1 fully saturated rings. The van der Waals surface area contributed by atoms with E-state index >= 15 is 0 Å². The molecule has 2 unspecified atom stereocenters. The lowest BCUT2D eigenvalue weighted by Crippen LogP contribution is -2.39. The van der Waals surface area contributed by atoms with Crippen molar-refractivity contribution >= 4 is 17.5 Å². The van der Waals surface area contributed by atoms with Crippen molar-refractivity contribution in [3.8, 4) is 0 Å². The summed E-state index contributed by atoms with van der Waals surface area (Å²) in [6.45, 7) is 1.90. The van der Waals surface area contributed by atoms with Crippen LogP contribution in [0.3, 0.4) is 0 Å². The van der Waals surface area contributed by atoms with Gasteiger partial charge >= 0.3 is 0 Å². The molecule has 0 spiro atoms. The van der Waals surface area contributed by atoms with Gasteiger partial charge in [-0.1, -0.05) is 37.4 Å². The Balaban J connectivity index is 1.84. The number of nitrogens with one attached hydrogen (secondary N) is 1. The lowest BCUT2D eigenvalue weighted by molar-refractivity contribution is -0.137. The minimum absolute atomic E-state index is 0.000922. The fraction of sp³-hybridized carbons (Fsp3) is 0.588. The van der Waals surface area contributed by atoms with Gasteiger partial charge in [-0.3, -0.25) is 4.79 Å². The first-order chi connectivity index (χ1) is 11.0. The second kappa shape index (κ2) is 8.62. The Kier molecular flexibility index (Phi) is 6.81. The van der Waals surface area contributed by atoms with Crippen LogP contribution in [0.15, 0.2) is 18.2 Å². The van der Waals surface area contributed by atoms with Gasteiger partial charge in [0, 0.05) is 6.54 Å². The van der Waals surface area contributed by atoms with Crippen LogP contribution < -0.4 is 5.32 Å². The molecule has 1 saturated carbocycles. The van der Waals surface area contributed by atoms with Gasteiger partial charge in [0.05, 0.1) is 17.2 Å². The second-order valence-corrected chi connectivity index (χ2v) is 6.28. The zero-order chi connectivity index (χ0) is 16.8. The smallest absolute Gasteiger partial charge is 0.249 e. The summed E-state index contributed by atoms with van der Waals surface area (Å²) in [5, 5.41) is 12.7. The molecule has 2 rings (SSSR count). The van der Waals surface area contributed by atoms with Crippen LogP contribution in [0.4, 0.5) is 4.39 Å². The first-order valence-electron chi connectivity index (χ1n) is 8.07. The van der Waals surface area contributed by atoms with Crippen molar-refractivity contribution in [1.29, 1.82) is 0 Å². The van der Waals surface area contributed by atoms with E-state index in [0.29, 0.717) is 12.0 Å². The average molecular weight is 344 g/mol. The Labute approximate surface area is 141 Å². The van der Waals surface area contributed by atoms with Crippen LogP contribution in [0.1, 0.15) is 50.7 Å². The summed E-state index contributed by atoms with van der Waals surface area (Å²) in [5.74, 6) is -0.835. The third-order valence-electron chi connectivity index (χ3n) is 4.12. The molecule has 1 aliphatic rings. The van der Waals surface area contributed by atoms with Gasteiger partial charge in [0.25, 0.3) is 0 Å². The number of benzene rings is 1. The van der Waals surface area contributed by atoms with E-state index in [1.807, 2.05) is 6.92 Å². The van der Waals surface area contributed by atoms with E-state index in [-0.39, 0.29) is 23.6 Å². The number of hydrogen-bond acceptors (Lipinski definition) is 3. The number of aliphatic hydroxyl groups is 1. The minimum atomic E-state index is -0.991. The number of halogens is 2. The summed E-state index contributed by atoms with van der Waals surface area (Å²) in [7, 11) is 0. The Morgan fingerprint density at radius 2 is 2.17 bits per heavy atom. The zero-order valence-electron chi connectivity index (χ0n) is 13.2. The number of amides is 1. The van der Waals surface area contributed by atoms with Gasteiger partial charge in [-0.05, 0) is 37.0 Å². The maximum atomic E-state index is 13.4. The fourth-order valence-electron chi connectivity index (χ4n) is 2.75. The molecule has 0 bridgehead atoms. The lowest BCUT2D eigenvalue weighted by atomic mass is 10.1. The SMILES string of the molecule is CCC(OC1CCCC1)C(=O)NCC(O)c1ccc(Cl)c(F)c1. The molecule has 6 heteroatoms. The quantitative estimate of drug-likeness (QED) is 0.798. The normalized spacial score (nSPS) is 17.9. The number of aliphatic hydroxyl groups excluding tert-OH is 1. The summed E-state index contributed by atoms with van der Waals surface area (Å²) in [6.07, 6.45) is 3.51. The largest absolute Gasteiger partial charge is 0.387 e. The minimum Gasteiger partial charge on any atom is -0.387 e. The third-order valence-corrected chi connectivity index (χ3v) is 4.43. The van der Waals surface area contributed by atoms with Crippen molar-refractivity contribution in [2.45, 2.75) is 57.3 Å². The van der Waals surface area contributed by atoms with Gasteiger partial charge in [-0.25, -0.2) is 4.39 Å². The van der Waals surface area contributed by atoms with Crippen LogP contribution in [-0.4, -0.2) is 29.8 Å². The molecular formula is C17H23ClFNO3. The standard InChI is InChI=1S/C17H23ClFNO3/c1-2-16(23-12-5-3-4-6-12)17(22)20-10-15(21)11-7-8-13(18)14(19)9-11/h7-9,12,15-16,21H,2-6,10H2,1H3,(H,20,22). The van der Waals surface area contributed by atoms with Crippen LogP contribution in [0, 0.1) is 5.82 Å². The molecule has 0 saturated heterocycles. The van der Waals surface area contributed by atoms with Crippen LogP contribution in [0.25, 0.3) is 0 Å². The maximum absolute atomic E-state index is 13.4. The molecule has 0 aliphatic heterocycles. The van der Waals surface area contributed by atoms with Crippen molar-refractivity contribution in [2.75, 3.05) is 6.54 Å². The second-order valence-electron chi connectivity index (χ2n) is 5.87. The van der Waals surface area contributed by atoms with Crippen LogP contribution in [0.2, 0.25) is 5.02 Å². The number of ether oxygens (including phenoxy) is 1. The summed E-state index contributed by atoms with van der Waals surface area (Å²) >= 11 is 5.61. The predicted octanol–water partition coefficient (Wildman–Crippen LogP) is 3.37. The van der Waals surface area contributed by atoms with E-state index in [1.165, 1.54) is 18.2 Å². The molecular weight excluding hydrogens is 321 g/mol. The molecule has 1 aromatic rings. The van der Waals surface area contributed by atoms with E-state index in [9.17, 15) is 14.3 Å². The van der Waals surface area contributed by atoms with Gasteiger partial charge in [0.15, 0.2) is 0 Å². The maximum Gasteiger partial charge on any atom is 0.249 e. The molecule has 1 amide bonds.